The Morgan fingerprint density at radius 1 is 1.13 bits per heavy atom. The number of alkyl halides is 2. The zero-order valence-electron chi connectivity index (χ0n) is 17.2. The number of hydrogen-bond acceptors (Lipinski definition) is 5. The topological polar surface area (TPSA) is 98.2 Å². The maximum absolute atomic E-state index is 14.4. The Morgan fingerprint density at radius 2 is 1.81 bits per heavy atom. The Hall–Kier alpha value is -3.13. The number of aromatic nitrogens is 1. The number of benzene rings is 2. The lowest BCUT2D eigenvalue weighted by Gasteiger charge is -2.22. The van der Waals surface area contributed by atoms with E-state index in [0.717, 1.165) is 0 Å². The van der Waals surface area contributed by atoms with Crippen molar-refractivity contribution in [1.82, 2.24) is 10.3 Å². The number of nitrogens with two attached hydrogens (primary N) is 1. The van der Waals surface area contributed by atoms with Crippen LogP contribution in [0.3, 0.4) is 0 Å². The van der Waals surface area contributed by atoms with Gasteiger partial charge in [0.15, 0.2) is 5.58 Å². The van der Waals surface area contributed by atoms with Gasteiger partial charge in [-0.3, -0.25) is 9.59 Å². The first-order valence-electron chi connectivity index (χ1n) is 10.2. The van der Waals surface area contributed by atoms with Crippen molar-refractivity contribution in [1.29, 1.82) is 0 Å². The molecule has 0 saturated heterocycles. The first-order valence-corrected chi connectivity index (χ1v) is 10.2. The zero-order valence-corrected chi connectivity index (χ0v) is 17.2. The molecule has 0 spiro atoms. The van der Waals surface area contributed by atoms with E-state index in [1.165, 1.54) is 0 Å². The van der Waals surface area contributed by atoms with Crippen LogP contribution >= 0.6 is 0 Å². The van der Waals surface area contributed by atoms with E-state index < -0.39 is 42.5 Å². The van der Waals surface area contributed by atoms with Gasteiger partial charge in [0.05, 0.1) is 12.1 Å². The molecule has 0 aliphatic carbocycles. The SMILES string of the molecule is CCC[C@H](NC(=O)[C@@H](N)CC(F)(F)Cc1ccccc1)C(=O)c1nc2ccccc2o1. The van der Waals surface area contributed by atoms with Gasteiger partial charge in [-0.25, -0.2) is 13.8 Å². The molecule has 2 atom stereocenters. The molecule has 3 aromatic rings. The van der Waals surface area contributed by atoms with Crippen molar-refractivity contribution in [2.75, 3.05) is 0 Å². The normalized spacial score (nSPS) is 13.7. The molecule has 8 heteroatoms. The fourth-order valence-corrected chi connectivity index (χ4v) is 3.34. The van der Waals surface area contributed by atoms with Crippen molar-refractivity contribution in [2.24, 2.45) is 5.73 Å². The van der Waals surface area contributed by atoms with E-state index in [0.29, 0.717) is 29.5 Å². The van der Waals surface area contributed by atoms with Gasteiger partial charge in [-0.1, -0.05) is 55.8 Å². The van der Waals surface area contributed by atoms with Crippen LogP contribution in [-0.4, -0.2) is 34.7 Å². The van der Waals surface area contributed by atoms with E-state index in [4.69, 9.17) is 10.2 Å². The smallest absolute Gasteiger partial charge is 0.266 e. The second-order valence-electron chi connectivity index (χ2n) is 7.53. The average molecular weight is 429 g/mol. The number of Topliss-reactive ketones (excluding diaryl/α,β-unsaturated/α-hetero) is 1. The minimum Gasteiger partial charge on any atom is -0.434 e. The Balaban J connectivity index is 1.65. The highest BCUT2D eigenvalue weighted by atomic mass is 19.3. The number of rotatable bonds is 10. The molecule has 2 aromatic carbocycles. The molecule has 1 aromatic heterocycles. The van der Waals surface area contributed by atoms with Gasteiger partial charge in [0, 0.05) is 12.8 Å². The minimum atomic E-state index is -3.16. The standard InChI is InChI=1S/C23H25F2N3O3/c1-2-8-18(20(29)22-28-17-11-6-7-12-19(17)31-22)27-21(30)16(26)14-23(24,25)13-15-9-4-3-5-10-15/h3-7,9-12,16,18H,2,8,13-14,26H2,1H3,(H,27,30)/t16-,18-/m0/s1. The summed E-state index contributed by atoms with van der Waals surface area (Å²) in [5.74, 6) is -4.63. The van der Waals surface area contributed by atoms with Gasteiger partial charge in [-0.2, -0.15) is 0 Å². The molecule has 31 heavy (non-hydrogen) atoms. The molecule has 0 aliphatic rings. The van der Waals surface area contributed by atoms with E-state index in [-0.39, 0.29) is 5.89 Å². The molecular weight excluding hydrogens is 404 g/mol. The third kappa shape index (κ3) is 5.95. The van der Waals surface area contributed by atoms with Crippen LogP contribution in [0.4, 0.5) is 8.78 Å². The van der Waals surface area contributed by atoms with Gasteiger partial charge in [0.2, 0.25) is 11.7 Å². The Morgan fingerprint density at radius 3 is 2.48 bits per heavy atom. The summed E-state index contributed by atoms with van der Waals surface area (Å²) in [4.78, 5) is 29.5. The molecule has 0 unspecified atom stereocenters. The predicted octanol–water partition coefficient (Wildman–Crippen LogP) is 3.89. The minimum absolute atomic E-state index is 0.136. The maximum Gasteiger partial charge on any atom is 0.266 e. The highest BCUT2D eigenvalue weighted by Crippen LogP contribution is 2.25. The van der Waals surface area contributed by atoms with Gasteiger partial charge in [0.25, 0.3) is 11.8 Å². The van der Waals surface area contributed by atoms with Crippen molar-refractivity contribution in [3.63, 3.8) is 0 Å². The molecule has 164 valence electrons. The van der Waals surface area contributed by atoms with Gasteiger partial charge >= 0.3 is 0 Å². The summed E-state index contributed by atoms with van der Waals surface area (Å²) in [6.45, 7) is 1.84. The number of nitrogens with zero attached hydrogens (tertiary/aromatic N) is 1. The van der Waals surface area contributed by atoms with Crippen molar-refractivity contribution in [3.8, 4) is 0 Å². The lowest BCUT2D eigenvalue weighted by atomic mass is 10.00. The van der Waals surface area contributed by atoms with Gasteiger partial charge in [0.1, 0.15) is 5.52 Å². The number of halogens is 2. The Bertz CT molecular complexity index is 1000. The number of nitrogens with one attached hydrogen (secondary N) is 1. The second kappa shape index (κ2) is 9.78. The van der Waals surface area contributed by atoms with Crippen molar-refractivity contribution in [2.45, 2.75) is 50.6 Å². The van der Waals surface area contributed by atoms with Crippen LogP contribution in [0.5, 0.6) is 0 Å². The summed E-state index contributed by atoms with van der Waals surface area (Å²) < 4.78 is 34.3. The molecular formula is C23H25F2N3O3. The van der Waals surface area contributed by atoms with Crippen LogP contribution in [0.15, 0.2) is 59.0 Å². The molecule has 1 amide bonds. The largest absolute Gasteiger partial charge is 0.434 e. The maximum atomic E-state index is 14.4. The van der Waals surface area contributed by atoms with Gasteiger partial charge < -0.3 is 15.5 Å². The monoisotopic (exact) mass is 429 g/mol. The third-order valence-corrected chi connectivity index (χ3v) is 4.88. The Labute approximate surface area is 178 Å². The fourth-order valence-electron chi connectivity index (χ4n) is 3.34. The van der Waals surface area contributed by atoms with Crippen LogP contribution in [0.2, 0.25) is 0 Å². The highest BCUT2D eigenvalue weighted by molar-refractivity contribution is 6.00. The first-order chi connectivity index (χ1) is 14.8. The second-order valence-corrected chi connectivity index (χ2v) is 7.53. The lowest BCUT2D eigenvalue weighted by Crippen LogP contribution is -2.50. The van der Waals surface area contributed by atoms with Crippen LogP contribution in [-0.2, 0) is 11.2 Å². The first kappa shape index (κ1) is 22.6. The van der Waals surface area contributed by atoms with E-state index in [1.54, 1.807) is 54.6 Å². The summed E-state index contributed by atoms with van der Waals surface area (Å²) in [6, 6.07) is 12.7. The van der Waals surface area contributed by atoms with Gasteiger partial charge in [-0.15, -0.1) is 0 Å². The highest BCUT2D eigenvalue weighted by Gasteiger charge is 2.35. The molecule has 0 saturated carbocycles. The number of oxazole rings is 1. The van der Waals surface area contributed by atoms with E-state index in [2.05, 4.69) is 10.3 Å². The molecule has 0 aliphatic heterocycles. The van der Waals surface area contributed by atoms with E-state index >= 15 is 0 Å². The van der Waals surface area contributed by atoms with Crippen molar-refractivity contribution in [3.05, 3.63) is 66.1 Å². The number of para-hydroxylation sites is 2. The number of fused-ring (bicyclic) bond motifs is 1. The lowest BCUT2D eigenvalue weighted by molar-refractivity contribution is -0.125. The predicted molar refractivity (Wildman–Crippen MR) is 113 cm³/mol. The molecule has 0 bridgehead atoms. The summed E-state index contributed by atoms with van der Waals surface area (Å²) in [5, 5.41) is 2.50. The third-order valence-electron chi connectivity index (χ3n) is 4.88. The molecule has 1 heterocycles. The van der Waals surface area contributed by atoms with Crippen LogP contribution in [0.25, 0.3) is 11.1 Å². The molecule has 3 N–H and O–H groups in total. The van der Waals surface area contributed by atoms with Gasteiger partial charge in [-0.05, 0) is 24.1 Å². The molecule has 0 radical (unpaired) electrons. The summed E-state index contributed by atoms with van der Waals surface area (Å²) in [5.41, 5.74) is 7.18. The van der Waals surface area contributed by atoms with Crippen LogP contribution in [0.1, 0.15) is 42.4 Å². The van der Waals surface area contributed by atoms with E-state index in [1.807, 2.05) is 6.92 Å². The number of ketones is 1. The van der Waals surface area contributed by atoms with Crippen LogP contribution < -0.4 is 11.1 Å². The summed E-state index contributed by atoms with van der Waals surface area (Å²) >= 11 is 0. The molecule has 6 nitrogen and oxygen atoms in total. The fraction of sp³-hybridized carbons (Fsp3) is 0.348. The number of carbonyl (C=O) groups is 2. The van der Waals surface area contributed by atoms with Crippen molar-refractivity contribution >= 4 is 22.8 Å². The Kier molecular flexibility index (Phi) is 7.12. The average Bonchev–Trinajstić information content (AvgIpc) is 3.17. The number of carbonyl (C=O) groups excluding carboxylic acids is 2. The number of hydrogen-bond donors (Lipinski definition) is 2. The molecule has 3 rings (SSSR count). The number of amides is 1. The zero-order chi connectivity index (χ0) is 22.4. The summed E-state index contributed by atoms with van der Waals surface area (Å²) in [7, 11) is 0. The summed E-state index contributed by atoms with van der Waals surface area (Å²) in [6.07, 6.45) is -0.467. The quantitative estimate of drug-likeness (QED) is 0.477. The molecule has 0 fully saturated rings. The van der Waals surface area contributed by atoms with Crippen LogP contribution in [0, 0.1) is 0 Å². The van der Waals surface area contributed by atoms with E-state index in [9.17, 15) is 18.4 Å². The van der Waals surface area contributed by atoms with Crippen molar-refractivity contribution < 1.29 is 22.8 Å².